The van der Waals surface area contributed by atoms with Crippen LogP contribution in [-0.2, 0) is 16.2 Å². The molecule has 31 heavy (non-hydrogen) atoms. The summed E-state index contributed by atoms with van der Waals surface area (Å²) in [7, 11) is -4.01. The summed E-state index contributed by atoms with van der Waals surface area (Å²) in [6, 6.07) is 2.56. The van der Waals surface area contributed by atoms with Crippen LogP contribution in [0.5, 0.6) is 0 Å². The summed E-state index contributed by atoms with van der Waals surface area (Å²) in [5, 5.41) is 0. The molecule has 0 bridgehead atoms. The molecule has 10 nitrogen and oxygen atoms in total. The first-order chi connectivity index (χ1) is 14.6. The summed E-state index contributed by atoms with van der Waals surface area (Å²) in [6.45, 7) is -0.0802. The Bertz CT molecular complexity index is 1040. The van der Waals surface area contributed by atoms with Crippen LogP contribution >= 0.6 is 0 Å². The summed E-state index contributed by atoms with van der Waals surface area (Å²) >= 11 is 0. The van der Waals surface area contributed by atoms with Crippen LogP contribution in [0.3, 0.4) is 0 Å². The van der Waals surface area contributed by atoms with Crippen molar-refractivity contribution in [1.82, 2.24) is 30.0 Å². The number of sulfonamides is 1. The topological polar surface area (TPSA) is 125 Å². The molecular formula is C17H17F3N6O4S. The first-order valence-corrected chi connectivity index (χ1v) is 10.3. The monoisotopic (exact) mass is 458 g/mol. The second-order valence-corrected chi connectivity index (χ2v) is 8.33. The lowest BCUT2D eigenvalue weighted by Gasteiger charge is -2.33. The predicted octanol–water partition coefficient (Wildman–Crippen LogP) is 0.856. The quantitative estimate of drug-likeness (QED) is 0.658. The number of benzene rings is 1. The third-order valence-corrected chi connectivity index (χ3v) is 6.34. The standard InChI is InChI=1S/C17H17F3N6O4S/c18-17(19,20)12-1-3-13(4-2-12)31(29,30)26-9-7-25(8-10-26)16(28)24-23-15(27)14-11-21-5-6-22-14/h1-6,11H,7-10H2,(H,23,27)(H,24,28). The second-order valence-electron chi connectivity index (χ2n) is 6.39. The molecule has 3 rings (SSSR count). The molecule has 2 heterocycles. The van der Waals surface area contributed by atoms with Gasteiger partial charge in [0, 0.05) is 38.6 Å². The molecule has 1 aromatic heterocycles. The molecule has 1 aliphatic heterocycles. The van der Waals surface area contributed by atoms with E-state index in [-0.39, 0.29) is 36.8 Å². The first-order valence-electron chi connectivity index (χ1n) is 8.88. The normalized spacial score (nSPS) is 15.4. The average Bonchev–Trinajstić information content (AvgIpc) is 2.77. The highest BCUT2D eigenvalue weighted by molar-refractivity contribution is 7.89. The van der Waals surface area contributed by atoms with E-state index in [2.05, 4.69) is 20.8 Å². The van der Waals surface area contributed by atoms with Crippen LogP contribution in [0.25, 0.3) is 0 Å². The number of carbonyl (C=O) groups excluding carboxylic acids is 2. The van der Waals surface area contributed by atoms with Crippen LogP contribution in [0.1, 0.15) is 16.1 Å². The van der Waals surface area contributed by atoms with E-state index in [1.165, 1.54) is 23.5 Å². The lowest BCUT2D eigenvalue weighted by Crippen LogP contribution is -2.56. The number of rotatable bonds is 3. The minimum absolute atomic E-state index is 0.00439. The number of amides is 3. The van der Waals surface area contributed by atoms with E-state index >= 15 is 0 Å². The number of aromatic nitrogens is 2. The lowest BCUT2D eigenvalue weighted by atomic mass is 10.2. The number of hydrazine groups is 1. The second kappa shape index (κ2) is 8.85. The van der Waals surface area contributed by atoms with E-state index in [1.807, 2.05) is 0 Å². The van der Waals surface area contributed by atoms with Crippen LogP contribution in [-0.4, -0.2) is 65.7 Å². The molecule has 0 aliphatic carbocycles. The third kappa shape index (κ3) is 5.27. The van der Waals surface area contributed by atoms with E-state index in [9.17, 15) is 31.2 Å². The van der Waals surface area contributed by atoms with Gasteiger partial charge >= 0.3 is 12.2 Å². The molecule has 2 N–H and O–H groups in total. The molecule has 0 spiro atoms. The lowest BCUT2D eigenvalue weighted by molar-refractivity contribution is -0.137. The number of nitrogens with one attached hydrogen (secondary N) is 2. The van der Waals surface area contributed by atoms with Gasteiger partial charge in [-0.15, -0.1) is 0 Å². The Morgan fingerprint density at radius 1 is 0.968 bits per heavy atom. The maximum absolute atomic E-state index is 12.7. The van der Waals surface area contributed by atoms with E-state index in [4.69, 9.17) is 0 Å². The van der Waals surface area contributed by atoms with Crippen molar-refractivity contribution in [2.45, 2.75) is 11.1 Å². The van der Waals surface area contributed by atoms with E-state index in [1.54, 1.807) is 0 Å². The molecule has 1 saturated heterocycles. The summed E-state index contributed by atoms with van der Waals surface area (Å²) in [5.74, 6) is -0.676. The zero-order valence-electron chi connectivity index (χ0n) is 15.8. The molecule has 0 unspecified atom stereocenters. The summed E-state index contributed by atoms with van der Waals surface area (Å²) in [5.41, 5.74) is 3.42. The summed E-state index contributed by atoms with van der Waals surface area (Å²) < 4.78 is 64.4. The van der Waals surface area contributed by atoms with Crippen molar-refractivity contribution in [2.24, 2.45) is 0 Å². The van der Waals surface area contributed by atoms with Gasteiger partial charge < -0.3 is 4.90 Å². The Kier molecular flexibility index (Phi) is 6.40. The number of piperazine rings is 1. The van der Waals surface area contributed by atoms with Gasteiger partial charge in [-0.25, -0.2) is 23.6 Å². The van der Waals surface area contributed by atoms with Gasteiger partial charge in [-0.05, 0) is 24.3 Å². The van der Waals surface area contributed by atoms with Gasteiger partial charge in [0.1, 0.15) is 5.69 Å². The minimum atomic E-state index is -4.57. The fourth-order valence-electron chi connectivity index (χ4n) is 2.77. The van der Waals surface area contributed by atoms with Gasteiger partial charge in [-0.3, -0.25) is 15.2 Å². The van der Waals surface area contributed by atoms with Crippen LogP contribution in [0.2, 0.25) is 0 Å². The third-order valence-electron chi connectivity index (χ3n) is 4.42. The van der Waals surface area contributed by atoms with Crippen molar-refractivity contribution in [3.63, 3.8) is 0 Å². The molecule has 0 saturated carbocycles. The molecule has 166 valence electrons. The van der Waals surface area contributed by atoms with Gasteiger partial charge in [-0.2, -0.15) is 17.5 Å². The highest BCUT2D eigenvalue weighted by Crippen LogP contribution is 2.30. The molecule has 3 amide bonds. The Hall–Kier alpha value is -3.26. The van der Waals surface area contributed by atoms with Gasteiger partial charge in [0.15, 0.2) is 0 Å². The molecule has 1 aliphatic rings. The van der Waals surface area contributed by atoms with Crippen molar-refractivity contribution in [1.29, 1.82) is 0 Å². The van der Waals surface area contributed by atoms with Gasteiger partial charge in [0.2, 0.25) is 10.0 Å². The number of halogens is 3. The largest absolute Gasteiger partial charge is 0.416 e. The van der Waals surface area contributed by atoms with Crippen molar-refractivity contribution in [3.8, 4) is 0 Å². The molecule has 0 radical (unpaired) electrons. The number of urea groups is 1. The Morgan fingerprint density at radius 3 is 2.16 bits per heavy atom. The van der Waals surface area contributed by atoms with Crippen molar-refractivity contribution in [3.05, 3.63) is 54.1 Å². The smallest absolute Gasteiger partial charge is 0.321 e. The molecule has 14 heteroatoms. The average molecular weight is 458 g/mol. The fourth-order valence-corrected chi connectivity index (χ4v) is 4.19. The van der Waals surface area contributed by atoms with Crippen LogP contribution in [0, 0.1) is 0 Å². The first kappa shape index (κ1) is 22.4. The maximum Gasteiger partial charge on any atom is 0.416 e. The van der Waals surface area contributed by atoms with E-state index < -0.39 is 33.7 Å². The number of alkyl halides is 3. The van der Waals surface area contributed by atoms with Crippen LogP contribution in [0.4, 0.5) is 18.0 Å². The Balaban J connectivity index is 1.54. The predicted molar refractivity (Wildman–Crippen MR) is 99.8 cm³/mol. The SMILES string of the molecule is O=C(NNC(=O)N1CCN(S(=O)(=O)c2ccc(C(F)(F)F)cc2)CC1)c1cnccn1. The van der Waals surface area contributed by atoms with Crippen LogP contribution in [0.15, 0.2) is 47.8 Å². The van der Waals surface area contributed by atoms with Crippen molar-refractivity contribution < 1.29 is 31.2 Å². The molecule has 1 aromatic carbocycles. The molecule has 2 aromatic rings. The highest BCUT2D eigenvalue weighted by atomic mass is 32.2. The zero-order chi connectivity index (χ0) is 22.6. The van der Waals surface area contributed by atoms with E-state index in [0.29, 0.717) is 12.1 Å². The van der Waals surface area contributed by atoms with Gasteiger partial charge in [0.05, 0.1) is 16.7 Å². The minimum Gasteiger partial charge on any atom is -0.321 e. The number of carbonyl (C=O) groups is 2. The van der Waals surface area contributed by atoms with E-state index in [0.717, 1.165) is 16.4 Å². The fraction of sp³-hybridized carbons (Fsp3) is 0.294. The number of hydrogen-bond acceptors (Lipinski definition) is 6. The molecule has 0 atom stereocenters. The maximum atomic E-state index is 12.7. The number of hydrogen-bond donors (Lipinski definition) is 2. The summed E-state index contributed by atoms with van der Waals surface area (Å²) in [4.78, 5) is 32.6. The van der Waals surface area contributed by atoms with Gasteiger partial charge in [0.25, 0.3) is 5.91 Å². The Labute approximate surface area is 175 Å². The molecular weight excluding hydrogens is 441 g/mol. The number of nitrogens with zero attached hydrogens (tertiary/aromatic N) is 4. The highest BCUT2D eigenvalue weighted by Gasteiger charge is 2.33. The van der Waals surface area contributed by atoms with Crippen LogP contribution < -0.4 is 10.9 Å². The van der Waals surface area contributed by atoms with Crippen molar-refractivity contribution >= 4 is 22.0 Å². The van der Waals surface area contributed by atoms with Gasteiger partial charge in [-0.1, -0.05) is 0 Å². The summed E-state index contributed by atoms with van der Waals surface area (Å²) in [6.07, 6.45) is -0.656. The molecule has 1 fully saturated rings. The Morgan fingerprint density at radius 2 is 1.61 bits per heavy atom. The zero-order valence-corrected chi connectivity index (χ0v) is 16.7. The van der Waals surface area contributed by atoms with Crippen molar-refractivity contribution in [2.75, 3.05) is 26.2 Å².